The zero-order valence-electron chi connectivity index (χ0n) is 12.3. The van der Waals surface area contributed by atoms with Crippen molar-refractivity contribution >= 4 is 28.6 Å². The van der Waals surface area contributed by atoms with Crippen LogP contribution in [0.1, 0.15) is 10.6 Å². The van der Waals surface area contributed by atoms with E-state index in [4.69, 9.17) is 0 Å². The quantitative estimate of drug-likeness (QED) is 0.668. The first-order chi connectivity index (χ1) is 11.3. The van der Waals surface area contributed by atoms with E-state index in [2.05, 4.69) is 26.7 Å². The minimum absolute atomic E-state index is 0.0349. The lowest BCUT2D eigenvalue weighted by molar-refractivity contribution is -0.130. The Labute approximate surface area is 141 Å². The first-order valence-electron chi connectivity index (χ1n) is 6.97. The Kier molecular flexibility index (Phi) is 4.94. The molecule has 0 fully saturated rings. The molecule has 0 aliphatic carbocycles. The highest BCUT2D eigenvalue weighted by atomic mass is 32.1. The van der Waals surface area contributed by atoms with E-state index in [9.17, 15) is 4.79 Å². The second-order valence-electron chi connectivity index (χ2n) is 4.80. The summed E-state index contributed by atoms with van der Waals surface area (Å²) in [6.45, 7) is 4.86. The molecule has 0 aliphatic rings. The number of carbonyl (C=O) groups excluding carboxylic acids is 1. The number of hydrogen-bond donors (Lipinski definition) is 1. The molecule has 0 aliphatic heterocycles. The topological polar surface area (TPSA) is 74.8 Å². The van der Waals surface area contributed by atoms with E-state index in [1.54, 1.807) is 22.3 Å². The lowest BCUT2D eigenvalue weighted by atomic mass is 10.3. The second kappa shape index (κ2) is 7.30. The van der Waals surface area contributed by atoms with Crippen molar-refractivity contribution < 1.29 is 4.79 Å². The molecule has 0 atom stereocenters. The SMILES string of the molecule is C=CCN(Cc1cccs1)C(=O)Cc1csc(-c2ncn[nH]2)n1. The molecular weight excluding hydrogens is 330 g/mol. The highest BCUT2D eigenvalue weighted by Crippen LogP contribution is 2.20. The van der Waals surface area contributed by atoms with Gasteiger partial charge in [0.1, 0.15) is 6.33 Å². The van der Waals surface area contributed by atoms with Gasteiger partial charge in [0.25, 0.3) is 0 Å². The third kappa shape index (κ3) is 3.91. The highest BCUT2D eigenvalue weighted by molar-refractivity contribution is 7.13. The fourth-order valence-corrected chi connectivity index (χ4v) is 3.56. The van der Waals surface area contributed by atoms with Gasteiger partial charge in [-0.3, -0.25) is 9.89 Å². The van der Waals surface area contributed by atoms with E-state index in [0.717, 1.165) is 15.6 Å². The van der Waals surface area contributed by atoms with Gasteiger partial charge in [0, 0.05) is 16.8 Å². The monoisotopic (exact) mass is 345 g/mol. The molecule has 0 radical (unpaired) electrons. The molecule has 3 aromatic rings. The summed E-state index contributed by atoms with van der Waals surface area (Å²) >= 11 is 3.09. The molecule has 0 saturated carbocycles. The minimum Gasteiger partial charge on any atom is -0.334 e. The molecule has 0 saturated heterocycles. The Morgan fingerprint density at radius 2 is 2.35 bits per heavy atom. The lowest BCUT2D eigenvalue weighted by Gasteiger charge is -2.20. The van der Waals surface area contributed by atoms with Gasteiger partial charge in [0.05, 0.1) is 18.7 Å². The van der Waals surface area contributed by atoms with E-state index in [1.807, 2.05) is 22.9 Å². The van der Waals surface area contributed by atoms with Crippen LogP contribution >= 0.6 is 22.7 Å². The molecule has 3 heterocycles. The molecular formula is C15H15N5OS2. The number of thiophene rings is 1. The maximum absolute atomic E-state index is 12.5. The third-order valence-electron chi connectivity index (χ3n) is 3.13. The van der Waals surface area contributed by atoms with E-state index in [-0.39, 0.29) is 12.3 Å². The predicted molar refractivity (Wildman–Crippen MR) is 91.1 cm³/mol. The Morgan fingerprint density at radius 1 is 1.43 bits per heavy atom. The molecule has 6 nitrogen and oxygen atoms in total. The van der Waals surface area contributed by atoms with Crippen molar-refractivity contribution in [1.82, 2.24) is 25.1 Å². The van der Waals surface area contributed by atoms with Crippen LogP contribution in [-0.4, -0.2) is 37.5 Å². The van der Waals surface area contributed by atoms with Gasteiger partial charge in [-0.25, -0.2) is 9.97 Å². The molecule has 0 unspecified atom stereocenters. The van der Waals surface area contributed by atoms with Crippen LogP contribution in [0.3, 0.4) is 0 Å². The molecule has 1 N–H and O–H groups in total. The van der Waals surface area contributed by atoms with Crippen molar-refractivity contribution in [3.05, 3.63) is 52.4 Å². The Bertz CT molecular complexity index is 764. The number of nitrogens with one attached hydrogen (secondary N) is 1. The lowest BCUT2D eigenvalue weighted by Crippen LogP contribution is -2.31. The van der Waals surface area contributed by atoms with Gasteiger partial charge in [0.2, 0.25) is 5.91 Å². The number of aromatic amines is 1. The molecule has 8 heteroatoms. The van der Waals surface area contributed by atoms with Gasteiger partial charge in [0.15, 0.2) is 10.8 Å². The third-order valence-corrected chi connectivity index (χ3v) is 4.89. The van der Waals surface area contributed by atoms with Crippen molar-refractivity contribution in [2.24, 2.45) is 0 Å². The number of carbonyl (C=O) groups is 1. The van der Waals surface area contributed by atoms with Gasteiger partial charge in [-0.05, 0) is 11.4 Å². The predicted octanol–water partition coefficient (Wildman–Crippen LogP) is 2.75. The van der Waals surface area contributed by atoms with E-state index in [1.165, 1.54) is 17.7 Å². The summed E-state index contributed by atoms with van der Waals surface area (Å²) in [5, 5.41) is 11.2. The van der Waals surface area contributed by atoms with Gasteiger partial charge in [-0.2, -0.15) is 5.10 Å². The Hall–Kier alpha value is -2.32. The van der Waals surface area contributed by atoms with E-state index < -0.39 is 0 Å². The van der Waals surface area contributed by atoms with Crippen LogP contribution in [0.25, 0.3) is 10.8 Å². The van der Waals surface area contributed by atoms with Crippen LogP contribution in [-0.2, 0) is 17.8 Å². The number of aromatic nitrogens is 4. The molecule has 1 amide bonds. The van der Waals surface area contributed by atoms with Gasteiger partial charge >= 0.3 is 0 Å². The molecule has 0 aromatic carbocycles. The average molecular weight is 345 g/mol. The summed E-state index contributed by atoms with van der Waals surface area (Å²) < 4.78 is 0. The van der Waals surface area contributed by atoms with E-state index >= 15 is 0 Å². The number of nitrogens with zero attached hydrogens (tertiary/aromatic N) is 4. The van der Waals surface area contributed by atoms with Gasteiger partial charge in [-0.1, -0.05) is 12.1 Å². The van der Waals surface area contributed by atoms with Crippen molar-refractivity contribution in [3.63, 3.8) is 0 Å². The normalized spacial score (nSPS) is 10.6. The molecule has 3 aromatic heterocycles. The van der Waals surface area contributed by atoms with Crippen molar-refractivity contribution in [2.75, 3.05) is 6.54 Å². The maximum Gasteiger partial charge on any atom is 0.229 e. The minimum atomic E-state index is 0.0349. The summed E-state index contributed by atoms with van der Waals surface area (Å²) in [6, 6.07) is 4.01. The zero-order valence-corrected chi connectivity index (χ0v) is 13.9. The largest absolute Gasteiger partial charge is 0.334 e. The fraction of sp³-hybridized carbons (Fsp3) is 0.200. The van der Waals surface area contributed by atoms with Crippen molar-refractivity contribution in [2.45, 2.75) is 13.0 Å². The molecule has 118 valence electrons. The smallest absolute Gasteiger partial charge is 0.229 e. The van der Waals surface area contributed by atoms with Crippen molar-refractivity contribution in [3.8, 4) is 10.8 Å². The van der Waals surface area contributed by atoms with Crippen LogP contribution in [0.4, 0.5) is 0 Å². The summed E-state index contributed by atoms with van der Waals surface area (Å²) in [6.07, 6.45) is 3.45. The standard InChI is InChI=1S/C15H15N5OS2/c1-2-5-20(8-12-4-3-6-22-12)13(21)7-11-9-23-15(18-11)14-16-10-17-19-14/h2-4,6,9-10H,1,5,7-8H2,(H,16,17,19). The second-order valence-corrected chi connectivity index (χ2v) is 6.69. The Morgan fingerprint density at radius 3 is 3.04 bits per heavy atom. The number of amides is 1. The van der Waals surface area contributed by atoms with Crippen LogP contribution in [0.15, 0.2) is 41.9 Å². The highest BCUT2D eigenvalue weighted by Gasteiger charge is 2.16. The summed E-state index contributed by atoms with van der Waals surface area (Å²) in [4.78, 5) is 24.0. The van der Waals surface area contributed by atoms with Crippen LogP contribution < -0.4 is 0 Å². The molecule has 3 rings (SSSR count). The number of H-pyrrole nitrogens is 1. The van der Waals surface area contributed by atoms with Crippen LogP contribution in [0.2, 0.25) is 0 Å². The molecule has 0 bridgehead atoms. The number of thiazole rings is 1. The average Bonchev–Trinajstić information content (AvgIpc) is 3.29. The summed E-state index contributed by atoms with van der Waals surface area (Å²) in [7, 11) is 0. The molecule has 0 spiro atoms. The number of hydrogen-bond acceptors (Lipinski definition) is 6. The summed E-state index contributed by atoms with van der Waals surface area (Å²) in [5.74, 6) is 0.656. The zero-order chi connectivity index (χ0) is 16.1. The fourth-order valence-electron chi connectivity index (χ4n) is 2.07. The van der Waals surface area contributed by atoms with Crippen LogP contribution in [0.5, 0.6) is 0 Å². The van der Waals surface area contributed by atoms with Gasteiger partial charge in [-0.15, -0.1) is 29.3 Å². The first-order valence-corrected chi connectivity index (χ1v) is 8.73. The maximum atomic E-state index is 12.5. The number of rotatable bonds is 7. The van der Waals surface area contributed by atoms with Crippen molar-refractivity contribution in [1.29, 1.82) is 0 Å². The van der Waals surface area contributed by atoms with Gasteiger partial charge < -0.3 is 4.90 Å². The first kappa shape index (κ1) is 15.6. The molecule has 23 heavy (non-hydrogen) atoms. The summed E-state index contributed by atoms with van der Waals surface area (Å²) in [5.41, 5.74) is 0.742. The van der Waals surface area contributed by atoms with E-state index in [0.29, 0.717) is 18.9 Å². The van der Waals surface area contributed by atoms with Crippen LogP contribution in [0, 0.1) is 0 Å². The Balaban J connectivity index is 1.67.